The molecule has 0 radical (unpaired) electrons. The maximum atomic E-state index is 6.12. The van der Waals surface area contributed by atoms with Crippen molar-refractivity contribution < 1.29 is 0 Å². The summed E-state index contributed by atoms with van der Waals surface area (Å²) in [6.45, 7) is 2.69. The van der Waals surface area contributed by atoms with E-state index in [1.165, 1.54) is 18.4 Å². The third kappa shape index (κ3) is 2.67. The molecule has 2 aromatic heterocycles. The van der Waals surface area contributed by atoms with Gasteiger partial charge in [0.05, 0.1) is 11.4 Å². The average Bonchev–Trinajstić information content (AvgIpc) is 3.09. The summed E-state index contributed by atoms with van der Waals surface area (Å²) in [5.41, 5.74) is 8.78. The summed E-state index contributed by atoms with van der Waals surface area (Å²) in [5, 5.41) is 4.50. The Hall–Kier alpha value is -1.33. The van der Waals surface area contributed by atoms with E-state index in [9.17, 15) is 0 Å². The summed E-state index contributed by atoms with van der Waals surface area (Å²) in [4.78, 5) is 10.7. The molecule has 2 heterocycles. The zero-order valence-corrected chi connectivity index (χ0v) is 12.2. The first-order valence-electron chi connectivity index (χ1n) is 6.22. The van der Waals surface area contributed by atoms with Gasteiger partial charge in [-0.1, -0.05) is 0 Å². The number of aromatic nitrogens is 2. The van der Waals surface area contributed by atoms with Crippen LogP contribution in [0.4, 0.5) is 11.5 Å². The van der Waals surface area contributed by atoms with Crippen LogP contribution in [0.3, 0.4) is 0 Å². The second-order valence-electron chi connectivity index (χ2n) is 4.81. The lowest BCUT2D eigenvalue weighted by Crippen LogP contribution is -2.27. The monoisotopic (exact) mass is 294 g/mol. The van der Waals surface area contributed by atoms with Crippen LogP contribution < -0.4 is 10.6 Å². The number of aryl methyl sites for hydroxylation is 1. The molecular weight excluding hydrogens is 280 g/mol. The molecular formula is C13H15ClN4S. The first kappa shape index (κ1) is 12.7. The van der Waals surface area contributed by atoms with Crippen LogP contribution in [0.15, 0.2) is 16.8 Å². The lowest BCUT2D eigenvalue weighted by atomic mass is 10.2. The first-order chi connectivity index (χ1) is 9.15. The number of hydrogen-bond acceptors (Lipinski definition) is 5. The Labute approximate surface area is 121 Å². The minimum Gasteiger partial charge on any atom is -0.394 e. The smallest absolute Gasteiger partial charge is 0.224 e. The molecule has 0 bridgehead atoms. The van der Waals surface area contributed by atoms with E-state index in [2.05, 4.69) is 31.7 Å². The minimum atomic E-state index is 0.262. The van der Waals surface area contributed by atoms with Crippen molar-refractivity contribution in [1.29, 1.82) is 0 Å². The predicted molar refractivity (Wildman–Crippen MR) is 79.7 cm³/mol. The maximum Gasteiger partial charge on any atom is 0.224 e. The Bertz CT molecular complexity index is 581. The molecule has 1 saturated carbocycles. The Morgan fingerprint density at radius 3 is 2.89 bits per heavy atom. The lowest BCUT2D eigenvalue weighted by Gasteiger charge is -2.25. The topological polar surface area (TPSA) is 55.0 Å². The number of nitrogens with two attached hydrogens (primary N) is 1. The van der Waals surface area contributed by atoms with Gasteiger partial charge in [-0.15, -0.1) is 0 Å². The fraction of sp³-hybridized carbons (Fsp3) is 0.385. The Balaban J connectivity index is 1.96. The Morgan fingerprint density at radius 2 is 2.26 bits per heavy atom. The quantitative estimate of drug-likeness (QED) is 0.880. The fourth-order valence-electron chi connectivity index (χ4n) is 2.09. The van der Waals surface area contributed by atoms with Crippen LogP contribution in [0.2, 0.25) is 5.28 Å². The third-order valence-corrected chi connectivity index (χ3v) is 4.18. The second-order valence-corrected chi connectivity index (χ2v) is 5.92. The summed E-state index contributed by atoms with van der Waals surface area (Å²) in [5.74, 6) is 0.770. The fourth-order valence-corrected chi connectivity index (χ4v) is 2.96. The minimum absolute atomic E-state index is 0.262. The molecule has 0 spiro atoms. The highest BCUT2D eigenvalue weighted by Gasteiger charge is 2.32. The molecule has 2 aromatic rings. The largest absolute Gasteiger partial charge is 0.394 e. The molecule has 0 atom stereocenters. The number of halogens is 1. The van der Waals surface area contributed by atoms with Gasteiger partial charge >= 0.3 is 0 Å². The van der Waals surface area contributed by atoms with Crippen molar-refractivity contribution in [3.63, 3.8) is 0 Å². The van der Waals surface area contributed by atoms with Gasteiger partial charge in [0.15, 0.2) is 5.82 Å². The predicted octanol–water partition coefficient (Wildman–Crippen LogP) is 3.25. The normalized spacial score (nSPS) is 14.6. The van der Waals surface area contributed by atoms with Crippen molar-refractivity contribution in [2.24, 2.45) is 0 Å². The molecule has 0 amide bonds. The van der Waals surface area contributed by atoms with Gasteiger partial charge in [-0.05, 0) is 53.8 Å². The van der Waals surface area contributed by atoms with E-state index in [4.69, 9.17) is 17.3 Å². The molecule has 6 heteroatoms. The van der Waals surface area contributed by atoms with Gasteiger partial charge in [0, 0.05) is 12.6 Å². The van der Waals surface area contributed by atoms with E-state index in [1.807, 2.05) is 6.92 Å². The van der Waals surface area contributed by atoms with E-state index < -0.39 is 0 Å². The Kier molecular flexibility index (Phi) is 3.33. The van der Waals surface area contributed by atoms with Gasteiger partial charge in [0.25, 0.3) is 0 Å². The summed E-state index contributed by atoms with van der Waals surface area (Å²) in [6, 6.07) is 2.65. The van der Waals surface area contributed by atoms with Crippen molar-refractivity contribution in [2.75, 3.05) is 10.6 Å². The third-order valence-electron chi connectivity index (χ3n) is 3.28. The standard InChI is InChI=1S/C13H15ClN4S/c1-8-11(15)12(17-13(14)16-8)18(10-2-3-10)6-9-4-5-19-7-9/h4-5,7,10H,2-3,6,15H2,1H3. The van der Waals surface area contributed by atoms with Crippen LogP contribution in [0.25, 0.3) is 0 Å². The van der Waals surface area contributed by atoms with Gasteiger partial charge in [-0.3, -0.25) is 0 Å². The zero-order chi connectivity index (χ0) is 13.4. The SMILES string of the molecule is Cc1nc(Cl)nc(N(Cc2ccsc2)C2CC2)c1N. The van der Waals surface area contributed by atoms with Gasteiger partial charge in [0.2, 0.25) is 5.28 Å². The zero-order valence-electron chi connectivity index (χ0n) is 10.6. The molecule has 0 aliphatic heterocycles. The van der Waals surface area contributed by atoms with E-state index in [-0.39, 0.29) is 5.28 Å². The first-order valence-corrected chi connectivity index (χ1v) is 7.54. The number of nitrogen functional groups attached to an aromatic ring is 1. The molecule has 100 valence electrons. The van der Waals surface area contributed by atoms with Gasteiger partial charge in [0.1, 0.15) is 0 Å². The van der Waals surface area contributed by atoms with E-state index in [0.29, 0.717) is 11.7 Å². The highest BCUT2D eigenvalue weighted by atomic mass is 35.5. The summed E-state index contributed by atoms with van der Waals surface area (Å²) < 4.78 is 0. The molecule has 0 unspecified atom stereocenters. The van der Waals surface area contributed by atoms with Crippen molar-refractivity contribution >= 4 is 34.4 Å². The van der Waals surface area contributed by atoms with Crippen molar-refractivity contribution in [2.45, 2.75) is 32.4 Å². The summed E-state index contributed by atoms with van der Waals surface area (Å²) in [7, 11) is 0. The molecule has 19 heavy (non-hydrogen) atoms. The summed E-state index contributed by atoms with van der Waals surface area (Å²) >= 11 is 7.67. The molecule has 0 saturated heterocycles. The van der Waals surface area contributed by atoms with Gasteiger partial charge in [-0.2, -0.15) is 16.3 Å². The maximum absolute atomic E-state index is 6.12. The van der Waals surface area contributed by atoms with Crippen molar-refractivity contribution in [1.82, 2.24) is 9.97 Å². The van der Waals surface area contributed by atoms with Crippen LogP contribution in [-0.2, 0) is 6.54 Å². The van der Waals surface area contributed by atoms with Crippen LogP contribution in [0.1, 0.15) is 24.1 Å². The van der Waals surface area contributed by atoms with Crippen LogP contribution in [0, 0.1) is 6.92 Å². The number of rotatable bonds is 4. The molecule has 3 rings (SSSR count). The van der Waals surface area contributed by atoms with Crippen molar-refractivity contribution in [3.05, 3.63) is 33.4 Å². The number of thiophene rings is 1. The number of hydrogen-bond donors (Lipinski definition) is 1. The van der Waals surface area contributed by atoms with E-state index >= 15 is 0 Å². The van der Waals surface area contributed by atoms with E-state index in [1.54, 1.807) is 11.3 Å². The molecule has 4 nitrogen and oxygen atoms in total. The Morgan fingerprint density at radius 1 is 1.47 bits per heavy atom. The molecule has 0 aromatic carbocycles. The molecule has 1 aliphatic carbocycles. The van der Waals surface area contributed by atoms with E-state index in [0.717, 1.165) is 18.1 Å². The summed E-state index contributed by atoms with van der Waals surface area (Å²) in [6.07, 6.45) is 2.37. The molecule has 1 aliphatic rings. The molecule has 1 fully saturated rings. The van der Waals surface area contributed by atoms with Gasteiger partial charge < -0.3 is 10.6 Å². The van der Waals surface area contributed by atoms with Crippen LogP contribution >= 0.6 is 22.9 Å². The highest BCUT2D eigenvalue weighted by Crippen LogP contribution is 2.36. The van der Waals surface area contributed by atoms with Crippen LogP contribution in [-0.4, -0.2) is 16.0 Å². The second kappa shape index (κ2) is 4.98. The highest BCUT2D eigenvalue weighted by molar-refractivity contribution is 7.07. The van der Waals surface area contributed by atoms with Crippen molar-refractivity contribution in [3.8, 4) is 0 Å². The molecule has 2 N–H and O–H groups in total. The van der Waals surface area contributed by atoms with Gasteiger partial charge in [-0.25, -0.2) is 4.98 Å². The number of anilines is 2. The van der Waals surface area contributed by atoms with Crippen LogP contribution in [0.5, 0.6) is 0 Å². The number of nitrogens with zero attached hydrogens (tertiary/aromatic N) is 3. The lowest BCUT2D eigenvalue weighted by molar-refractivity contribution is 0.777. The average molecular weight is 295 g/mol.